The minimum Gasteiger partial charge on any atom is -0.369 e. The Labute approximate surface area is 108 Å². The second-order valence-corrected chi connectivity index (χ2v) is 5.19. The van der Waals surface area contributed by atoms with Crippen LogP contribution in [0.25, 0.3) is 11.2 Å². The molecule has 18 heavy (non-hydrogen) atoms. The van der Waals surface area contributed by atoms with Gasteiger partial charge in [0, 0.05) is 18.6 Å². The fraction of sp³-hybridized carbons (Fsp3) is 0.364. The molecule has 3 aromatic rings. The topological polar surface area (TPSA) is 74.6 Å². The molecular formula is C11H14N6S. The van der Waals surface area contributed by atoms with Gasteiger partial charge in [-0.05, 0) is 13.8 Å². The minimum absolute atomic E-state index is 0.0600. The Hall–Kier alpha value is -1.89. The van der Waals surface area contributed by atoms with Crippen LogP contribution in [0, 0.1) is 6.92 Å². The van der Waals surface area contributed by atoms with Crippen molar-refractivity contribution in [3.8, 4) is 0 Å². The highest BCUT2D eigenvalue weighted by Crippen LogP contribution is 2.29. The fourth-order valence-electron chi connectivity index (χ4n) is 2.25. The molecule has 3 rings (SSSR count). The van der Waals surface area contributed by atoms with Crippen LogP contribution in [-0.2, 0) is 7.05 Å². The number of aromatic nitrogens is 5. The van der Waals surface area contributed by atoms with E-state index in [4.69, 9.17) is 5.73 Å². The zero-order valence-electron chi connectivity index (χ0n) is 10.5. The normalized spacial score (nSPS) is 13.3. The van der Waals surface area contributed by atoms with Crippen molar-refractivity contribution < 1.29 is 0 Å². The van der Waals surface area contributed by atoms with E-state index in [-0.39, 0.29) is 6.04 Å². The van der Waals surface area contributed by atoms with Gasteiger partial charge in [-0.25, -0.2) is 9.97 Å². The molecule has 1 unspecified atom stereocenters. The molecule has 94 valence electrons. The summed E-state index contributed by atoms with van der Waals surface area (Å²) >= 11 is 1.61. The van der Waals surface area contributed by atoms with E-state index in [2.05, 4.69) is 22.0 Å². The molecule has 2 N–H and O–H groups in total. The Balaban J connectivity index is 2.25. The molecule has 0 aliphatic heterocycles. The van der Waals surface area contributed by atoms with Crippen molar-refractivity contribution in [3.63, 3.8) is 0 Å². The van der Waals surface area contributed by atoms with Gasteiger partial charge < -0.3 is 5.73 Å². The predicted octanol–water partition coefficient (Wildman–Crippen LogP) is 1.73. The van der Waals surface area contributed by atoms with Crippen LogP contribution in [0.3, 0.4) is 0 Å². The van der Waals surface area contributed by atoms with Crippen LogP contribution in [0.4, 0.5) is 5.95 Å². The van der Waals surface area contributed by atoms with E-state index >= 15 is 0 Å². The molecule has 0 spiro atoms. The highest BCUT2D eigenvalue weighted by Gasteiger charge is 2.21. The number of hydrogen-bond acceptors (Lipinski definition) is 5. The van der Waals surface area contributed by atoms with Crippen LogP contribution < -0.4 is 5.73 Å². The maximum atomic E-state index is 6.03. The van der Waals surface area contributed by atoms with Gasteiger partial charge in [0.25, 0.3) is 0 Å². The maximum absolute atomic E-state index is 6.03. The molecule has 0 amide bonds. The number of nitrogens with two attached hydrogens (primary N) is 1. The largest absolute Gasteiger partial charge is 0.369 e. The van der Waals surface area contributed by atoms with Crippen molar-refractivity contribution in [2.45, 2.75) is 19.9 Å². The lowest BCUT2D eigenvalue weighted by molar-refractivity contribution is 0.632. The SMILES string of the molecule is Cc1nn(C)c2c1nc(N)n2C(C)c1nccs1. The highest BCUT2D eigenvalue weighted by molar-refractivity contribution is 7.09. The molecule has 0 bridgehead atoms. The summed E-state index contributed by atoms with van der Waals surface area (Å²) in [6.45, 7) is 4.01. The third-order valence-electron chi connectivity index (χ3n) is 3.06. The summed E-state index contributed by atoms with van der Waals surface area (Å²) in [6.07, 6.45) is 1.80. The third kappa shape index (κ3) is 1.43. The minimum atomic E-state index is 0.0600. The molecule has 0 fully saturated rings. The van der Waals surface area contributed by atoms with E-state index in [1.807, 2.05) is 28.6 Å². The smallest absolute Gasteiger partial charge is 0.203 e. The van der Waals surface area contributed by atoms with Crippen LogP contribution >= 0.6 is 11.3 Å². The summed E-state index contributed by atoms with van der Waals surface area (Å²) in [5.41, 5.74) is 8.72. The van der Waals surface area contributed by atoms with E-state index in [0.29, 0.717) is 5.95 Å². The highest BCUT2D eigenvalue weighted by atomic mass is 32.1. The van der Waals surface area contributed by atoms with Crippen LogP contribution in [0.5, 0.6) is 0 Å². The molecule has 3 heterocycles. The third-order valence-corrected chi connectivity index (χ3v) is 4.00. The molecule has 0 saturated carbocycles. The van der Waals surface area contributed by atoms with Crippen LogP contribution in [0.2, 0.25) is 0 Å². The molecule has 6 nitrogen and oxygen atoms in total. The van der Waals surface area contributed by atoms with Gasteiger partial charge in [0.15, 0.2) is 5.65 Å². The number of nitrogen functional groups attached to an aromatic ring is 1. The second kappa shape index (κ2) is 3.81. The van der Waals surface area contributed by atoms with Gasteiger partial charge in [0.2, 0.25) is 5.95 Å². The number of fused-ring (bicyclic) bond motifs is 1. The number of imidazole rings is 1. The van der Waals surface area contributed by atoms with E-state index in [1.54, 1.807) is 17.5 Å². The van der Waals surface area contributed by atoms with Gasteiger partial charge in [-0.3, -0.25) is 9.25 Å². The Kier molecular flexibility index (Phi) is 2.37. The molecule has 0 aliphatic rings. The van der Waals surface area contributed by atoms with Gasteiger partial charge >= 0.3 is 0 Å². The summed E-state index contributed by atoms with van der Waals surface area (Å²) in [7, 11) is 1.90. The number of hydrogen-bond donors (Lipinski definition) is 1. The van der Waals surface area contributed by atoms with Crippen LogP contribution in [0.1, 0.15) is 23.7 Å². The zero-order valence-corrected chi connectivity index (χ0v) is 11.3. The standard InChI is InChI=1S/C11H14N6S/c1-6-8-10(16(3)15-6)17(11(12)14-8)7(2)9-13-4-5-18-9/h4-5,7H,1-3H3,(H2,12,14). The Morgan fingerprint density at radius 3 is 2.89 bits per heavy atom. The summed E-state index contributed by atoms with van der Waals surface area (Å²) in [4.78, 5) is 8.74. The van der Waals surface area contributed by atoms with E-state index < -0.39 is 0 Å². The first-order chi connectivity index (χ1) is 8.59. The number of nitrogens with zero attached hydrogens (tertiary/aromatic N) is 5. The monoisotopic (exact) mass is 262 g/mol. The van der Waals surface area contributed by atoms with Gasteiger partial charge in [0.05, 0.1) is 11.7 Å². The zero-order chi connectivity index (χ0) is 12.9. The Bertz CT molecular complexity index is 693. The first-order valence-electron chi connectivity index (χ1n) is 5.66. The average Bonchev–Trinajstić information content (AvgIpc) is 2.98. The maximum Gasteiger partial charge on any atom is 0.203 e. The lowest BCUT2D eigenvalue weighted by Gasteiger charge is -2.13. The molecule has 0 aliphatic carbocycles. The van der Waals surface area contributed by atoms with E-state index in [0.717, 1.165) is 21.9 Å². The predicted molar refractivity (Wildman–Crippen MR) is 71.6 cm³/mol. The van der Waals surface area contributed by atoms with Crippen LogP contribution in [0.15, 0.2) is 11.6 Å². The lowest BCUT2D eigenvalue weighted by Crippen LogP contribution is -2.12. The summed E-state index contributed by atoms with van der Waals surface area (Å²) in [5.74, 6) is 0.504. The summed E-state index contributed by atoms with van der Waals surface area (Å²) in [6, 6.07) is 0.0600. The quantitative estimate of drug-likeness (QED) is 0.763. The van der Waals surface area contributed by atoms with Crippen molar-refractivity contribution in [3.05, 3.63) is 22.3 Å². The number of aryl methyl sites for hydroxylation is 2. The number of anilines is 1. The van der Waals surface area contributed by atoms with Crippen molar-refractivity contribution in [2.24, 2.45) is 7.05 Å². The molecular weight excluding hydrogens is 248 g/mol. The summed E-state index contributed by atoms with van der Waals surface area (Å²) in [5, 5.41) is 7.35. The number of thiazole rings is 1. The van der Waals surface area contributed by atoms with Gasteiger partial charge in [-0.1, -0.05) is 0 Å². The molecule has 0 radical (unpaired) electrons. The van der Waals surface area contributed by atoms with Crippen molar-refractivity contribution >= 4 is 28.4 Å². The Morgan fingerprint density at radius 2 is 2.22 bits per heavy atom. The van der Waals surface area contributed by atoms with Crippen molar-refractivity contribution in [1.82, 2.24) is 24.3 Å². The van der Waals surface area contributed by atoms with E-state index in [1.165, 1.54) is 0 Å². The first kappa shape index (κ1) is 11.2. The summed E-state index contributed by atoms with van der Waals surface area (Å²) < 4.78 is 3.80. The van der Waals surface area contributed by atoms with Gasteiger partial charge in [0.1, 0.15) is 10.5 Å². The molecule has 3 aromatic heterocycles. The Morgan fingerprint density at radius 1 is 1.44 bits per heavy atom. The number of rotatable bonds is 2. The average molecular weight is 262 g/mol. The molecule has 0 aromatic carbocycles. The molecule has 1 atom stereocenters. The van der Waals surface area contributed by atoms with Gasteiger partial charge in [-0.15, -0.1) is 11.3 Å². The van der Waals surface area contributed by atoms with Crippen LogP contribution in [-0.4, -0.2) is 24.3 Å². The van der Waals surface area contributed by atoms with E-state index in [9.17, 15) is 0 Å². The first-order valence-corrected chi connectivity index (χ1v) is 6.54. The molecule has 0 saturated heterocycles. The fourth-order valence-corrected chi connectivity index (χ4v) is 2.93. The lowest BCUT2D eigenvalue weighted by atomic mass is 10.3. The molecule has 7 heteroatoms. The van der Waals surface area contributed by atoms with Crippen molar-refractivity contribution in [2.75, 3.05) is 5.73 Å². The van der Waals surface area contributed by atoms with Crippen molar-refractivity contribution in [1.29, 1.82) is 0 Å². The second-order valence-electron chi connectivity index (χ2n) is 4.27. The van der Waals surface area contributed by atoms with Gasteiger partial charge in [-0.2, -0.15) is 5.10 Å².